The highest BCUT2D eigenvalue weighted by atomic mass is 19.1. The summed E-state index contributed by atoms with van der Waals surface area (Å²) in [5, 5.41) is 8.54. The van der Waals surface area contributed by atoms with Crippen molar-refractivity contribution in [2.24, 2.45) is 0 Å². The van der Waals surface area contributed by atoms with E-state index in [2.05, 4.69) is 4.74 Å². The number of hydrogen-bond donors (Lipinski definition) is 1. The maximum Gasteiger partial charge on any atom is 0.335 e. The first-order chi connectivity index (χ1) is 7.56. The number of hydrogen-bond acceptors (Lipinski definition) is 3. The number of halogens is 2. The van der Waals surface area contributed by atoms with Crippen molar-refractivity contribution in [3.8, 4) is 5.75 Å². The molecule has 0 atom stereocenters. The summed E-state index contributed by atoms with van der Waals surface area (Å²) in [6.45, 7) is 1.75. The van der Waals surface area contributed by atoms with Crippen LogP contribution in [0.15, 0.2) is 12.1 Å². The van der Waals surface area contributed by atoms with Crippen molar-refractivity contribution in [3.05, 3.63) is 29.3 Å². The Labute approximate surface area is 90.4 Å². The molecule has 1 aromatic rings. The van der Waals surface area contributed by atoms with Gasteiger partial charge >= 0.3 is 5.97 Å². The molecule has 0 aliphatic rings. The molecular formula is C10H10F2O4. The van der Waals surface area contributed by atoms with Gasteiger partial charge in [0.15, 0.2) is 24.2 Å². The lowest BCUT2D eigenvalue weighted by molar-refractivity contribution is 0.0176. The van der Waals surface area contributed by atoms with E-state index >= 15 is 0 Å². The molecule has 0 unspecified atom stereocenters. The molecule has 0 amide bonds. The number of carboxylic acid groups (broad SMARTS) is 1. The van der Waals surface area contributed by atoms with E-state index in [4.69, 9.17) is 9.84 Å². The minimum atomic E-state index is -1.41. The molecule has 88 valence electrons. The average molecular weight is 232 g/mol. The molecule has 0 saturated heterocycles. The molecule has 6 heteroatoms. The van der Waals surface area contributed by atoms with Crippen molar-refractivity contribution >= 4 is 5.97 Å². The van der Waals surface area contributed by atoms with E-state index in [0.717, 1.165) is 0 Å². The second kappa shape index (κ2) is 5.41. The Morgan fingerprint density at radius 2 is 1.94 bits per heavy atom. The Balaban J connectivity index is 2.89. The molecule has 0 aliphatic carbocycles. The summed E-state index contributed by atoms with van der Waals surface area (Å²) in [6, 6.07) is 1.37. The first-order valence-electron chi connectivity index (χ1n) is 4.49. The van der Waals surface area contributed by atoms with Gasteiger partial charge in [-0.15, -0.1) is 0 Å². The first-order valence-corrected chi connectivity index (χ1v) is 4.49. The van der Waals surface area contributed by atoms with E-state index in [-0.39, 0.29) is 6.79 Å². The highest BCUT2D eigenvalue weighted by molar-refractivity contribution is 5.87. The number of carboxylic acids is 1. The van der Waals surface area contributed by atoms with Crippen molar-refractivity contribution in [1.82, 2.24) is 0 Å². The van der Waals surface area contributed by atoms with E-state index in [1.54, 1.807) is 6.92 Å². The van der Waals surface area contributed by atoms with Gasteiger partial charge in [0, 0.05) is 6.61 Å². The van der Waals surface area contributed by atoms with Gasteiger partial charge in [-0.1, -0.05) is 0 Å². The van der Waals surface area contributed by atoms with Crippen LogP contribution in [0.3, 0.4) is 0 Å². The maximum atomic E-state index is 13.2. The molecule has 1 rings (SSSR count). The van der Waals surface area contributed by atoms with Crippen molar-refractivity contribution < 1.29 is 28.2 Å². The Bertz CT molecular complexity index is 369. The van der Waals surface area contributed by atoms with Crippen LogP contribution in [0.2, 0.25) is 0 Å². The van der Waals surface area contributed by atoms with Gasteiger partial charge in [-0.05, 0) is 19.1 Å². The number of aromatic carboxylic acids is 1. The minimum absolute atomic E-state index is 0.295. The van der Waals surface area contributed by atoms with Crippen LogP contribution in [0, 0.1) is 11.6 Å². The predicted molar refractivity (Wildman–Crippen MR) is 50.4 cm³/mol. The zero-order valence-electron chi connectivity index (χ0n) is 8.50. The van der Waals surface area contributed by atoms with Crippen LogP contribution in [0.4, 0.5) is 8.78 Å². The molecule has 0 heterocycles. The number of benzene rings is 1. The van der Waals surface area contributed by atoms with Gasteiger partial charge in [0.05, 0.1) is 5.56 Å². The third-order valence-electron chi connectivity index (χ3n) is 1.74. The second-order valence-corrected chi connectivity index (χ2v) is 2.83. The lowest BCUT2D eigenvalue weighted by Gasteiger charge is -2.08. The minimum Gasteiger partial charge on any atom is -0.478 e. The van der Waals surface area contributed by atoms with E-state index in [0.29, 0.717) is 18.7 Å². The molecular weight excluding hydrogens is 222 g/mol. The van der Waals surface area contributed by atoms with Crippen LogP contribution in [0.5, 0.6) is 5.75 Å². The van der Waals surface area contributed by atoms with E-state index in [1.807, 2.05) is 0 Å². The van der Waals surface area contributed by atoms with E-state index in [1.165, 1.54) is 0 Å². The molecule has 1 N–H and O–H groups in total. The summed E-state index contributed by atoms with van der Waals surface area (Å²) in [7, 11) is 0. The largest absolute Gasteiger partial charge is 0.478 e. The average Bonchev–Trinajstić information content (AvgIpc) is 2.21. The zero-order chi connectivity index (χ0) is 12.1. The molecule has 0 aromatic heterocycles. The molecule has 1 aromatic carbocycles. The van der Waals surface area contributed by atoms with Gasteiger partial charge in [0.1, 0.15) is 0 Å². The Hall–Kier alpha value is -1.69. The fourth-order valence-electron chi connectivity index (χ4n) is 1.01. The highest BCUT2D eigenvalue weighted by Crippen LogP contribution is 2.23. The second-order valence-electron chi connectivity index (χ2n) is 2.83. The van der Waals surface area contributed by atoms with Crippen molar-refractivity contribution in [2.45, 2.75) is 6.92 Å². The van der Waals surface area contributed by atoms with Crippen LogP contribution < -0.4 is 4.74 Å². The van der Waals surface area contributed by atoms with E-state index in [9.17, 15) is 13.6 Å². The van der Waals surface area contributed by atoms with Gasteiger partial charge in [-0.3, -0.25) is 0 Å². The van der Waals surface area contributed by atoms with Crippen molar-refractivity contribution in [3.63, 3.8) is 0 Å². The topological polar surface area (TPSA) is 55.8 Å². The van der Waals surface area contributed by atoms with Gasteiger partial charge in [-0.25, -0.2) is 13.6 Å². The first kappa shape index (κ1) is 12.4. The smallest absolute Gasteiger partial charge is 0.335 e. The fourth-order valence-corrected chi connectivity index (χ4v) is 1.01. The van der Waals surface area contributed by atoms with Gasteiger partial charge < -0.3 is 14.6 Å². The van der Waals surface area contributed by atoms with Crippen LogP contribution in [0.1, 0.15) is 17.3 Å². The zero-order valence-corrected chi connectivity index (χ0v) is 8.50. The molecule has 4 nitrogen and oxygen atoms in total. The standard InChI is InChI=1S/C10H10F2O4/c1-2-15-5-16-9-7(11)3-6(10(13)14)4-8(9)12/h3-4H,2,5H2,1H3,(H,13,14). The summed E-state index contributed by atoms with van der Waals surface area (Å²) in [5.41, 5.74) is -0.473. The lowest BCUT2D eigenvalue weighted by atomic mass is 10.2. The SMILES string of the molecule is CCOCOc1c(F)cc(C(=O)O)cc1F. The molecule has 0 aliphatic heterocycles. The van der Waals surface area contributed by atoms with Crippen LogP contribution >= 0.6 is 0 Å². The molecule has 0 bridgehead atoms. The maximum absolute atomic E-state index is 13.2. The monoisotopic (exact) mass is 232 g/mol. The molecule has 0 radical (unpaired) electrons. The third-order valence-corrected chi connectivity index (χ3v) is 1.74. The van der Waals surface area contributed by atoms with Gasteiger partial charge in [-0.2, -0.15) is 0 Å². The summed E-state index contributed by atoms with van der Waals surface area (Å²) >= 11 is 0. The molecule has 0 spiro atoms. The van der Waals surface area contributed by atoms with Gasteiger partial charge in [0.25, 0.3) is 0 Å². The quantitative estimate of drug-likeness (QED) is 0.623. The highest BCUT2D eigenvalue weighted by Gasteiger charge is 2.15. The Morgan fingerprint density at radius 3 is 2.38 bits per heavy atom. The van der Waals surface area contributed by atoms with Crippen LogP contribution in [0.25, 0.3) is 0 Å². The van der Waals surface area contributed by atoms with Crippen molar-refractivity contribution in [2.75, 3.05) is 13.4 Å². The summed E-state index contributed by atoms with van der Waals surface area (Å²) in [6.07, 6.45) is 0. The lowest BCUT2D eigenvalue weighted by Crippen LogP contribution is -2.07. The number of rotatable bonds is 5. The number of ether oxygens (including phenoxy) is 2. The van der Waals surface area contributed by atoms with Crippen LogP contribution in [-0.4, -0.2) is 24.5 Å². The Kier molecular flexibility index (Phi) is 4.19. The molecule has 0 fully saturated rings. The van der Waals surface area contributed by atoms with Gasteiger partial charge in [0.2, 0.25) is 0 Å². The predicted octanol–water partition coefficient (Wildman–Crippen LogP) is 2.04. The van der Waals surface area contributed by atoms with E-state index < -0.39 is 28.9 Å². The number of carbonyl (C=O) groups is 1. The summed E-state index contributed by atoms with van der Waals surface area (Å²) in [4.78, 5) is 10.5. The molecule has 0 saturated carbocycles. The summed E-state index contributed by atoms with van der Waals surface area (Å²) in [5.74, 6) is -4.19. The Morgan fingerprint density at radius 1 is 1.38 bits per heavy atom. The summed E-state index contributed by atoms with van der Waals surface area (Å²) < 4.78 is 35.9. The van der Waals surface area contributed by atoms with Crippen LogP contribution in [-0.2, 0) is 4.74 Å². The molecule has 16 heavy (non-hydrogen) atoms. The van der Waals surface area contributed by atoms with Crippen molar-refractivity contribution in [1.29, 1.82) is 0 Å². The normalized spacial score (nSPS) is 10.2. The third kappa shape index (κ3) is 2.90. The fraction of sp³-hybridized carbons (Fsp3) is 0.300.